The number of carbonyl (C=O) groups excluding carboxylic acids is 1. The van der Waals surface area contributed by atoms with Gasteiger partial charge in [-0.3, -0.25) is 10.1 Å². The normalized spacial score (nSPS) is 17.9. The third-order valence-electron chi connectivity index (χ3n) is 1.99. The van der Waals surface area contributed by atoms with Crippen molar-refractivity contribution in [2.45, 2.75) is 59.6 Å². The Balaban J connectivity index is 4.45. The molecule has 90 valence electrons. The van der Waals surface area contributed by atoms with Gasteiger partial charge in [-0.1, -0.05) is 13.8 Å². The van der Waals surface area contributed by atoms with Crippen LogP contribution in [0.5, 0.6) is 0 Å². The van der Waals surface area contributed by atoms with Crippen molar-refractivity contribution in [2.24, 2.45) is 5.92 Å². The van der Waals surface area contributed by atoms with Gasteiger partial charge in [-0.25, -0.2) is 0 Å². The van der Waals surface area contributed by atoms with Gasteiger partial charge in [-0.2, -0.15) is 0 Å². The molecule has 4 heteroatoms. The number of rotatable bonds is 6. The van der Waals surface area contributed by atoms with Crippen molar-refractivity contribution in [3.8, 4) is 0 Å². The highest BCUT2D eigenvalue weighted by Crippen LogP contribution is 2.11. The minimum Gasteiger partial charge on any atom is -0.353 e. The topological polar surface area (TPSA) is 58.6 Å². The van der Waals surface area contributed by atoms with Gasteiger partial charge in [-0.15, -0.1) is 0 Å². The van der Waals surface area contributed by atoms with Gasteiger partial charge in [0.1, 0.15) is 5.78 Å². The van der Waals surface area contributed by atoms with E-state index in [-0.39, 0.29) is 17.8 Å². The van der Waals surface area contributed by atoms with E-state index < -0.39 is 12.0 Å². The molecule has 0 saturated carbocycles. The lowest BCUT2D eigenvalue weighted by Gasteiger charge is -2.32. The molecule has 0 aromatic heterocycles. The fourth-order valence-electron chi connectivity index (χ4n) is 1.52. The fraction of sp³-hybridized carbons (Fsp3) is 0.909. The standard InChI is InChI=1S/C11H23NO3/c1-7(2)10(9(5)13)12-11(6,14)15-8(3)4/h7-8,10,12,14H,1-6H3. The predicted octanol–water partition coefficient (Wildman–Crippen LogP) is 1.28. The average Bonchev–Trinajstić information content (AvgIpc) is 1.96. The second-order valence-electron chi connectivity index (χ2n) is 4.63. The predicted molar refractivity (Wildman–Crippen MR) is 59.3 cm³/mol. The molecule has 2 unspecified atom stereocenters. The van der Waals surface area contributed by atoms with E-state index in [0.29, 0.717) is 0 Å². The summed E-state index contributed by atoms with van der Waals surface area (Å²) >= 11 is 0. The molecular weight excluding hydrogens is 194 g/mol. The van der Waals surface area contributed by atoms with Crippen molar-refractivity contribution in [1.82, 2.24) is 5.32 Å². The first-order chi connectivity index (χ1) is 6.65. The van der Waals surface area contributed by atoms with E-state index in [4.69, 9.17) is 4.74 Å². The van der Waals surface area contributed by atoms with Gasteiger partial charge in [0, 0.05) is 6.92 Å². The lowest BCUT2D eigenvalue weighted by Crippen LogP contribution is -2.55. The zero-order valence-electron chi connectivity index (χ0n) is 10.5. The number of hydrogen-bond donors (Lipinski definition) is 2. The maximum Gasteiger partial charge on any atom is 0.222 e. The summed E-state index contributed by atoms with van der Waals surface area (Å²) in [5.41, 5.74) is 0. The molecule has 0 spiro atoms. The molecule has 0 aliphatic carbocycles. The number of aliphatic hydroxyl groups is 1. The summed E-state index contributed by atoms with van der Waals surface area (Å²) in [5.74, 6) is -1.35. The van der Waals surface area contributed by atoms with E-state index in [9.17, 15) is 9.90 Å². The first-order valence-corrected chi connectivity index (χ1v) is 5.34. The van der Waals surface area contributed by atoms with Crippen molar-refractivity contribution < 1.29 is 14.6 Å². The van der Waals surface area contributed by atoms with E-state index >= 15 is 0 Å². The van der Waals surface area contributed by atoms with Crippen LogP contribution in [0.1, 0.15) is 41.5 Å². The molecule has 0 aliphatic rings. The van der Waals surface area contributed by atoms with Crippen LogP contribution < -0.4 is 5.32 Å². The highest BCUT2D eigenvalue weighted by Gasteiger charge is 2.29. The molecule has 0 radical (unpaired) electrons. The lowest BCUT2D eigenvalue weighted by molar-refractivity contribution is -0.236. The second-order valence-corrected chi connectivity index (χ2v) is 4.63. The fourth-order valence-corrected chi connectivity index (χ4v) is 1.52. The molecule has 0 fully saturated rings. The number of ether oxygens (including phenoxy) is 1. The molecule has 0 aliphatic heterocycles. The Kier molecular flexibility index (Phi) is 5.42. The van der Waals surface area contributed by atoms with Gasteiger partial charge in [0.15, 0.2) is 0 Å². The van der Waals surface area contributed by atoms with Gasteiger partial charge in [0.2, 0.25) is 5.91 Å². The molecule has 15 heavy (non-hydrogen) atoms. The van der Waals surface area contributed by atoms with Crippen LogP contribution in [-0.4, -0.2) is 28.9 Å². The van der Waals surface area contributed by atoms with Crippen LogP contribution in [0.25, 0.3) is 0 Å². The first kappa shape index (κ1) is 14.6. The number of Topliss-reactive ketones (excluding diaryl/α,β-unsaturated/α-hetero) is 1. The summed E-state index contributed by atoms with van der Waals surface area (Å²) in [6.07, 6.45) is -0.104. The number of nitrogens with one attached hydrogen (secondary N) is 1. The molecule has 0 aromatic rings. The van der Waals surface area contributed by atoms with Crippen LogP contribution in [-0.2, 0) is 9.53 Å². The Morgan fingerprint density at radius 1 is 1.33 bits per heavy atom. The van der Waals surface area contributed by atoms with E-state index in [0.717, 1.165) is 0 Å². The third kappa shape index (κ3) is 5.87. The summed E-state index contributed by atoms with van der Waals surface area (Å²) in [7, 11) is 0. The highest BCUT2D eigenvalue weighted by atomic mass is 16.6. The molecule has 0 heterocycles. The largest absolute Gasteiger partial charge is 0.353 e. The SMILES string of the molecule is CC(=O)C(NC(C)(O)OC(C)C)C(C)C. The molecular formula is C11H23NO3. The zero-order chi connectivity index (χ0) is 12.2. The Labute approximate surface area is 92.0 Å². The monoisotopic (exact) mass is 217 g/mol. The summed E-state index contributed by atoms with van der Waals surface area (Å²) in [6, 6.07) is -0.390. The molecule has 4 nitrogen and oxygen atoms in total. The number of carbonyl (C=O) groups is 1. The smallest absolute Gasteiger partial charge is 0.222 e. The molecule has 0 rings (SSSR count). The van der Waals surface area contributed by atoms with Crippen LogP contribution in [0.2, 0.25) is 0 Å². The van der Waals surface area contributed by atoms with Crippen LogP contribution in [0.4, 0.5) is 0 Å². The maximum absolute atomic E-state index is 11.3. The van der Waals surface area contributed by atoms with Crippen LogP contribution in [0.3, 0.4) is 0 Å². The van der Waals surface area contributed by atoms with Gasteiger partial charge >= 0.3 is 0 Å². The highest BCUT2D eigenvalue weighted by molar-refractivity contribution is 5.81. The van der Waals surface area contributed by atoms with Crippen molar-refractivity contribution >= 4 is 5.78 Å². The molecule has 0 saturated heterocycles. The minimum absolute atomic E-state index is 0.00219. The van der Waals surface area contributed by atoms with Crippen molar-refractivity contribution in [2.75, 3.05) is 0 Å². The Morgan fingerprint density at radius 2 is 1.80 bits per heavy atom. The average molecular weight is 217 g/mol. The lowest BCUT2D eigenvalue weighted by atomic mass is 10.0. The zero-order valence-corrected chi connectivity index (χ0v) is 10.5. The Hall–Kier alpha value is -0.450. The molecule has 0 amide bonds. The minimum atomic E-state index is -1.46. The van der Waals surface area contributed by atoms with Gasteiger partial charge < -0.3 is 9.84 Å². The van der Waals surface area contributed by atoms with E-state index in [1.807, 2.05) is 27.7 Å². The van der Waals surface area contributed by atoms with Crippen LogP contribution in [0.15, 0.2) is 0 Å². The van der Waals surface area contributed by atoms with Crippen LogP contribution in [0, 0.1) is 5.92 Å². The summed E-state index contributed by atoms with van der Waals surface area (Å²) in [5, 5.41) is 12.7. The van der Waals surface area contributed by atoms with Gasteiger partial charge in [0.05, 0.1) is 12.1 Å². The molecule has 2 N–H and O–H groups in total. The third-order valence-corrected chi connectivity index (χ3v) is 1.99. The van der Waals surface area contributed by atoms with E-state index in [1.165, 1.54) is 13.8 Å². The first-order valence-electron chi connectivity index (χ1n) is 5.34. The number of hydrogen-bond acceptors (Lipinski definition) is 4. The molecule has 0 aromatic carbocycles. The summed E-state index contributed by atoms with van der Waals surface area (Å²) < 4.78 is 5.26. The van der Waals surface area contributed by atoms with Crippen molar-refractivity contribution in [3.05, 3.63) is 0 Å². The van der Waals surface area contributed by atoms with Crippen LogP contribution >= 0.6 is 0 Å². The van der Waals surface area contributed by atoms with Gasteiger partial charge in [-0.05, 0) is 26.7 Å². The quantitative estimate of drug-likeness (QED) is 0.658. The Bertz CT molecular complexity index is 212. The Morgan fingerprint density at radius 3 is 2.07 bits per heavy atom. The molecule has 0 bridgehead atoms. The summed E-state index contributed by atoms with van der Waals surface area (Å²) in [4.78, 5) is 11.3. The van der Waals surface area contributed by atoms with Crippen molar-refractivity contribution in [3.63, 3.8) is 0 Å². The van der Waals surface area contributed by atoms with Gasteiger partial charge in [0.25, 0.3) is 0 Å². The number of ketones is 1. The molecule has 2 atom stereocenters. The van der Waals surface area contributed by atoms with E-state index in [1.54, 1.807) is 0 Å². The van der Waals surface area contributed by atoms with E-state index in [2.05, 4.69) is 5.32 Å². The van der Waals surface area contributed by atoms with Crippen molar-refractivity contribution in [1.29, 1.82) is 0 Å². The maximum atomic E-state index is 11.3. The summed E-state index contributed by atoms with van der Waals surface area (Å²) in [6.45, 7) is 10.5. The second kappa shape index (κ2) is 5.58.